The molecule has 0 aromatic carbocycles. The summed E-state index contributed by atoms with van der Waals surface area (Å²) in [6, 6.07) is 1.96. The zero-order chi connectivity index (χ0) is 6.85. The number of hydrogen-bond donors (Lipinski definition) is 2. The lowest BCUT2D eigenvalue weighted by Crippen LogP contribution is -2.13. The van der Waals surface area contributed by atoms with Crippen molar-refractivity contribution in [3.05, 3.63) is 22.5 Å². The van der Waals surface area contributed by atoms with E-state index in [-0.39, 0.29) is 5.82 Å². The quantitative estimate of drug-likeness (QED) is 0.453. The Bertz CT molecular complexity index is 246. The van der Waals surface area contributed by atoms with Crippen LogP contribution in [0.25, 0.3) is 0 Å². The highest BCUT2D eigenvalue weighted by atomic mass is 19.1. The number of H-pyrrole nitrogens is 1. The predicted molar refractivity (Wildman–Crippen MR) is 28.1 cm³/mol. The van der Waals surface area contributed by atoms with E-state index in [1.54, 1.807) is 4.98 Å². The number of hydrogen-bond acceptors (Lipinski definition) is 3. The standard InChI is InChI=1S/C4H3FN3O/c5-2-1-3(6)8-4(9)7-2/h(H3,6,7,8,9). The minimum Gasteiger partial charge on any atom is -0.383 e. The summed E-state index contributed by atoms with van der Waals surface area (Å²) in [4.78, 5) is 15.1. The maximum absolute atomic E-state index is 12.0. The number of nitrogens with zero attached hydrogens (tertiary/aromatic N) is 1. The molecule has 5 heteroatoms. The van der Waals surface area contributed by atoms with Gasteiger partial charge in [0, 0.05) is 0 Å². The summed E-state index contributed by atoms with van der Waals surface area (Å²) in [5.41, 5.74) is 4.13. The highest BCUT2D eigenvalue weighted by molar-refractivity contribution is 5.21. The molecule has 0 aliphatic carbocycles. The van der Waals surface area contributed by atoms with Crippen molar-refractivity contribution < 1.29 is 4.39 Å². The van der Waals surface area contributed by atoms with E-state index in [0.29, 0.717) is 0 Å². The molecule has 1 aromatic rings. The lowest BCUT2D eigenvalue weighted by Gasteiger charge is -1.86. The molecule has 0 amide bonds. The van der Waals surface area contributed by atoms with Crippen molar-refractivity contribution in [1.29, 1.82) is 0 Å². The van der Waals surface area contributed by atoms with Crippen molar-refractivity contribution in [2.45, 2.75) is 0 Å². The van der Waals surface area contributed by atoms with Crippen molar-refractivity contribution in [2.24, 2.45) is 0 Å². The van der Waals surface area contributed by atoms with Gasteiger partial charge in [0.2, 0.25) is 5.95 Å². The number of nitrogens with two attached hydrogens (primary N) is 1. The summed E-state index contributed by atoms with van der Waals surface area (Å²) in [5.74, 6) is -1.14. The van der Waals surface area contributed by atoms with Crippen LogP contribution in [-0.4, -0.2) is 9.97 Å². The van der Waals surface area contributed by atoms with Crippen molar-refractivity contribution in [1.82, 2.24) is 9.97 Å². The zero-order valence-corrected chi connectivity index (χ0v) is 4.31. The average molecular weight is 128 g/mol. The van der Waals surface area contributed by atoms with E-state index in [1.165, 1.54) is 0 Å². The van der Waals surface area contributed by atoms with Crippen LogP contribution in [0.1, 0.15) is 0 Å². The molecule has 1 radical (unpaired) electrons. The van der Waals surface area contributed by atoms with Gasteiger partial charge in [-0.2, -0.15) is 9.37 Å². The average Bonchev–Trinajstić information content (AvgIpc) is 1.59. The molecule has 0 saturated carbocycles. The van der Waals surface area contributed by atoms with E-state index in [0.717, 1.165) is 0 Å². The minimum absolute atomic E-state index is 0.240. The number of anilines is 1. The van der Waals surface area contributed by atoms with Gasteiger partial charge in [0.1, 0.15) is 5.82 Å². The fourth-order valence-corrected chi connectivity index (χ4v) is 0.403. The van der Waals surface area contributed by atoms with Gasteiger partial charge in [-0.25, -0.2) is 4.79 Å². The van der Waals surface area contributed by atoms with Crippen molar-refractivity contribution in [3.63, 3.8) is 0 Å². The Morgan fingerprint density at radius 1 is 1.78 bits per heavy atom. The van der Waals surface area contributed by atoms with Gasteiger partial charge >= 0.3 is 5.69 Å². The van der Waals surface area contributed by atoms with Crippen LogP contribution in [0.2, 0.25) is 0 Å². The molecule has 0 unspecified atom stereocenters. The predicted octanol–water partition coefficient (Wildman–Crippen LogP) is -0.709. The van der Waals surface area contributed by atoms with E-state index in [9.17, 15) is 9.18 Å². The molecule has 0 spiro atoms. The largest absolute Gasteiger partial charge is 0.383 e. The maximum atomic E-state index is 12.0. The smallest absolute Gasteiger partial charge is 0.349 e. The summed E-state index contributed by atoms with van der Waals surface area (Å²) in [5, 5.41) is 0. The molecule has 9 heavy (non-hydrogen) atoms. The molecular weight excluding hydrogens is 125 g/mol. The first-order valence-electron chi connectivity index (χ1n) is 2.13. The summed E-state index contributed by atoms with van der Waals surface area (Å²) < 4.78 is 12.0. The molecular formula is C4H3FN3O. The Kier molecular flexibility index (Phi) is 1.18. The van der Waals surface area contributed by atoms with Crippen LogP contribution in [0.15, 0.2) is 4.79 Å². The molecule has 0 aliphatic rings. The second-order valence-corrected chi connectivity index (χ2v) is 1.37. The van der Waals surface area contributed by atoms with E-state index in [2.05, 4.69) is 4.98 Å². The normalized spacial score (nSPS) is 9.44. The summed E-state index contributed by atoms with van der Waals surface area (Å²) >= 11 is 0. The Morgan fingerprint density at radius 3 is 2.89 bits per heavy atom. The monoisotopic (exact) mass is 128 g/mol. The van der Waals surface area contributed by atoms with Gasteiger partial charge in [-0.05, 0) is 0 Å². The second kappa shape index (κ2) is 1.85. The van der Waals surface area contributed by atoms with Gasteiger partial charge in [0.25, 0.3) is 0 Å². The van der Waals surface area contributed by atoms with Gasteiger partial charge in [-0.1, -0.05) is 0 Å². The Balaban J connectivity index is 3.33. The van der Waals surface area contributed by atoms with Crippen molar-refractivity contribution in [3.8, 4) is 0 Å². The maximum Gasteiger partial charge on any atom is 0.349 e. The van der Waals surface area contributed by atoms with Crippen LogP contribution in [0.3, 0.4) is 0 Å². The molecule has 1 aromatic heterocycles. The van der Waals surface area contributed by atoms with Gasteiger partial charge in [0.05, 0.1) is 6.07 Å². The minimum atomic E-state index is -0.896. The van der Waals surface area contributed by atoms with Crippen molar-refractivity contribution >= 4 is 5.82 Å². The number of nitrogens with one attached hydrogen (secondary N) is 1. The van der Waals surface area contributed by atoms with Crippen LogP contribution in [0.5, 0.6) is 0 Å². The summed E-state index contributed by atoms with van der Waals surface area (Å²) in [7, 11) is 0. The number of nitrogen functional groups attached to an aromatic ring is 1. The summed E-state index contributed by atoms with van der Waals surface area (Å²) in [6.45, 7) is 0. The molecule has 3 N–H and O–H groups in total. The van der Waals surface area contributed by atoms with Crippen LogP contribution in [0, 0.1) is 12.0 Å². The third-order valence-electron chi connectivity index (χ3n) is 0.676. The molecule has 0 saturated heterocycles. The van der Waals surface area contributed by atoms with Crippen LogP contribution in [-0.2, 0) is 0 Å². The molecule has 47 valence electrons. The fourth-order valence-electron chi connectivity index (χ4n) is 0.403. The second-order valence-electron chi connectivity index (χ2n) is 1.37. The Hall–Kier alpha value is -1.39. The van der Waals surface area contributed by atoms with Gasteiger partial charge < -0.3 is 5.73 Å². The fraction of sp³-hybridized carbons (Fsp3) is 0. The van der Waals surface area contributed by atoms with E-state index < -0.39 is 11.6 Å². The van der Waals surface area contributed by atoms with Crippen molar-refractivity contribution in [2.75, 3.05) is 5.73 Å². The third kappa shape index (κ3) is 1.25. The first kappa shape index (κ1) is 5.74. The SMILES string of the molecule is Nc1[c]c(F)[nH]c(=O)n1. The highest BCUT2D eigenvalue weighted by Gasteiger charge is 1.93. The first-order chi connectivity index (χ1) is 4.18. The Labute approximate surface area is 49.5 Å². The van der Waals surface area contributed by atoms with Crippen LogP contribution in [0.4, 0.5) is 10.2 Å². The number of aromatic amines is 1. The number of aromatic nitrogens is 2. The third-order valence-corrected chi connectivity index (χ3v) is 0.676. The highest BCUT2D eigenvalue weighted by Crippen LogP contribution is 1.89. The molecule has 1 heterocycles. The van der Waals surface area contributed by atoms with Gasteiger partial charge in [0.15, 0.2) is 0 Å². The van der Waals surface area contributed by atoms with E-state index in [4.69, 9.17) is 5.73 Å². The molecule has 1 rings (SSSR count). The lowest BCUT2D eigenvalue weighted by atomic mass is 10.6. The number of rotatable bonds is 0. The van der Waals surface area contributed by atoms with Crippen LogP contribution < -0.4 is 11.4 Å². The molecule has 0 aliphatic heterocycles. The topological polar surface area (TPSA) is 71.8 Å². The molecule has 0 atom stereocenters. The lowest BCUT2D eigenvalue weighted by molar-refractivity contribution is 0.572. The molecule has 0 fully saturated rings. The van der Waals surface area contributed by atoms with E-state index in [1.807, 2.05) is 6.07 Å². The molecule has 4 nitrogen and oxygen atoms in total. The first-order valence-corrected chi connectivity index (χ1v) is 2.13. The molecule has 0 bridgehead atoms. The zero-order valence-electron chi connectivity index (χ0n) is 4.31. The van der Waals surface area contributed by atoms with Crippen LogP contribution >= 0.6 is 0 Å². The van der Waals surface area contributed by atoms with E-state index >= 15 is 0 Å². The summed E-state index contributed by atoms with van der Waals surface area (Å²) in [6.07, 6.45) is 0. The van der Waals surface area contributed by atoms with Gasteiger partial charge in [-0.15, -0.1) is 0 Å². The van der Waals surface area contributed by atoms with Gasteiger partial charge in [-0.3, -0.25) is 4.98 Å². The number of halogens is 1. The Morgan fingerprint density at radius 2 is 2.44 bits per heavy atom.